The maximum Gasteiger partial charge on any atom is 0.261 e. The first kappa shape index (κ1) is 48.2. The van der Waals surface area contributed by atoms with Crippen molar-refractivity contribution in [1.82, 2.24) is 0 Å². The number of benzene rings is 4. The van der Waals surface area contributed by atoms with Crippen LogP contribution in [0, 0.1) is 11.3 Å². The van der Waals surface area contributed by atoms with E-state index in [4.69, 9.17) is 8.85 Å². The summed E-state index contributed by atoms with van der Waals surface area (Å²) in [4.78, 5) is 25.6. The average molecular weight is 894 g/mol. The number of ketones is 2. The number of carbonyl (C=O) groups is 2. The standard InChI is InChI=1S/C26H34O2Si.C24H32O2Si.C2H3Br/c1-6-26(21(2)27)19-17-22(18-20-26)28-29(25(3,4)5,23-13-9-7-10-14-23)24-15-11-8-12-16-24;1-19(25)20-15-17-21(18-16-20)26-27(24(2,3)4,22-11-7-5-8-12-22)23-13-9-6-10-14-23;1-2-3/h6-16,22H,1,17-20H2,2-5H3;5-14,20-21H,15-18H2,1-4H3;2H,1H2. The number of allylic oxidation sites excluding steroid dienone is 1. The monoisotopic (exact) mass is 892 g/mol. The normalized spacial score (nSPS) is 21.1. The summed E-state index contributed by atoms with van der Waals surface area (Å²) in [5.74, 6) is 0.791. The van der Waals surface area contributed by atoms with Crippen LogP contribution in [0.5, 0.6) is 0 Å². The molecule has 0 unspecified atom stereocenters. The number of hydrogen-bond donors (Lipinski definition) is 0. The van der Waals surface area contributed by atoms with E-state index in [-0.39, 0.29) is 39.4 Å². The molecule has 2 aliphatic carbocycles. The molecule has 2 aliphatic rings. The minimum Gasteiger partial charge on any atom is -0.404 e. The molecule has 0 N–H and O–H groups in total. The SMILES string of the molecule is C=CBr.C=CC1(C(C)=O)CCC(O[Si](c2ccccc2)(c2ccccc2)C(C)(C)C)CC1.CC(=O)C1CCC(O[Si](c2ccccc2)(c2ccccc2)C(C)(C)C)CC1. The molecular formula is C52H69BrO4Si2. The van der Waals surface area contributed by atoms with Crippen LogP contribution in [0.3, 0.4) is 0 Å². The summed E-state index contributed by atoms with van der Waals surface area (Å²) >= 11 is 2.91. The number of carbonyl (C=O) groups excluding carboxylic acids is 2. The molecule has 0 atom stereocenters. The highest BCUT2D eigenvalue weighted by Gasteiger charge is 2.53. The number of halogens is 1. The average Bonchev–Trinajstić information content (AvgIpc) is 3.23. The Balaban J connectivity index is 0.000000245. The predicted octanol–water partition coefficient (Wildman–Crippen LogP) is 11.5. The second-order valence-electron chi connectivity index (χ2n) is 18.4. The van der Waals surface area contributed by atoms with Gasteiger partial charge in [0.2, 0.25) is 0 Å². The third-order valence-electron chi connectivity index (χ3n) is 12.7. The topological polar surface area (TPSA) is 52.6 Å². The largest absolute Gasteiger partial charge is 0.404 e. The quantitative estimate of drug-likeness (QED) is 0.111. The van der Waals surface area contributed by atoms with Crippen molar-refractivity contribution in [3.63, 3.8) is 0 Å². The molecular weight excluding hydrogens is 825 g/mol. The molecule has 0 bridgehead atoms. The van der Waals surface area contributed by atoms with Crippen molar-refractivity contribution in [2.45, 2.75) is 129 Å². The maximum absolute atomic E-state index is 12.2. The molecule has 0 amide bonds. The number of hydrogen-bond acceptors (Lipinski definition) is 4. The highest BCUT2D eigenvalue weighted by atomic mass is 79.9. The minimum atomic E-state index is -2.53. The lowest BCUT2D eigenvalue weighted by molar-refractivity contribution is -0.126. The zero-order chi connectivity index (χ0) is 43.3. The summed E-state index contributed by atoms with van der Waals surface area (Å²) in [6, 6.07) is 43.2. The van der Waals surface area contributed by atoms with E-state index in [9.17, 15) is 9.59 Å². The number of Topliss-reactive ketones (excluding diaryl/α,β-unsaturated/α-hetero) is 2. The van der Waals surface area contributed by atoms with Crippen LogP contribution in [0.25, 0.3) is 0 Å². The molecule has 0 heterocycles. The van der Waals surface area contributed by atoms with E-state index in [1.54, 1.807) is 18.8 Å². The highest BCUT2D eigenvalue weighted by Crippen LogP contribution is 2.44. The van der Waals surface area contributed by atoms with Crippen LogP contribution in [0.4, 0.5) is 0 Å². The summed E-state index contributed by atoms with van der Waals surface area (Å²) in [5.41, 5.74) is -0.370. The van der Waals surface area contributed by atoms with Crippen LogP contribution < -0.4 is 20.7 Å². The Hall–Kier alpha value is -3.47. The van der Waals surface area contributed by atoms with E-state index >= 15 is 0 Å². The van der Waals surface area contributed by atoms with Gasteiger partial charge >= 0.3 is 0 Å². The van der Waals surface area contributed by atoms with Crippen LogP contribution in [-0.2, 0) is 18.4 Å². The van der Waals surface area contributed by atoms with Crippen molar-refractivity contribution in [2.24, 2.45) is 11.3 Å². The van der Waals surface area contributed by atoms with Crippen LogP contribution in [0.2, 0.25) is 10.1 Å². The van der Waals surface area contributed by atoms with E-state index in [0.29, 0.717) is 5.78 Å². The Kier molecular flexibility index (Phi) is 17.5. The van der Waals surface area contributed by atoms with Crippen molar-refractivity contribution in [3.8, 4) is 0 Å². The van der Waals surface area contributed by atoms with Gasteiger partial charge in [0.1, 0.15) is 11.6 Å². The summed E-state index contributed by atoms with van der Waals surface area (Å²) in [5, 5.41) is 5.27. The molecule has 0 spiro atoms. The maximum atomic E-state index is 12.2. The smallest absolute Gasteiger partial charge is 0.261 e. The lowest BCUT2D eigenvalue weighted by Gasteiger charge is -2.47. The highest BCUT2D eigenvalue weighted by molar-refractivity contribution is 9.11. The van der Waals surface area contributed by atoms with Gasteiger partial charge in [-0.15, -0.1) is 6.58 Å². The zero-order valence-electron chi connectivity index (χ0n) is 37.0. The summed E-state index contributed by atoms with van der Waals surface area (Å²) in [6.45, 7) is 24.6. The van der Waals surface area contributed by atoms with E-state index in [1.165, 1.54) is 20.7 Å². The Morgan fingerprint density at radius 3 is 1.10 bits per heavy atom. The van der Waals surface area contributed by atoms with Gasteiger partial charge in [-0.25, -0.2) is 0 Å². The fourth-order valence-electron chi connectivity index (χ4n) is 9.39. The van der Waals surface area contributed by atoms with Gasteiger partial charge in [-0.05, 0) is 101 Å². The molecule has 7 heteroatoms. The van der Waals surface area contributed by atoms with E-state index in [2.05, 4.69) is 192 Å². The molecule has 0 aromatic heterocycles. The second kappa shape index (κ2) is 21.4. The molecule has 59 heavy (non-hydrogen) atoms. The molecule has 4 nitrogen and oxygen atoms in total. The Morgan fingerprint density at radius 2 is 0.864 bits per heavy atom. The van der Waals surface area contributed by atoms with Gasteiger partial charge in [-0.1, -0.05) is 191 Å². The molecule has 0 aliphatic heterocycles. The van der Waals surface area contributed by atoms with Crippen molar-refractivity contribution in [1.29, 1.82) is 0 Å². The lowest BCUT2D eigenvalue weighted by atomic mass is 9.71. The van der Waals surface area contributed by atoms with Crippen LogP contribution in [-0.4, -0.2) is 40.4 Å². The zero-order valence-corrected chi connectivity index (χ0v) is 40.6. The summed E-state index contributed by atoms with van der Waals surface area (Å²) < 4.78 is 14.4. The third kappa shape index (κ3) is 11.3. The molecule has 2 saturated carbocycles. The second-order valence-corrected chi connectivity index (χ2v) is 27.6. The molecule has 4 aromatic rings. The van der Waals surface area contributed by atoms with E-state index in [0.717, 1.165) is 51.4 Å². The molecule has 0 radical (unpaired) electrons. The van der Waals surface area contributed by atoms with Crippen LogP contribution >= 0.6 is 15.9 Å². The molecule has 4 aromatic carbocycles. The minimum absolute atomic E-state index is 0.00707. The Bertz CT molecular complexity index is 1820. The first-order valence-corrected chi connectivity index (χ1v) is 26.2. The van der Waals surface area contributed by atoms with Crippen molar-refractivity contribution < 1.29 is 18.4 Å². The Morgan fingerprint density at radius 1 is 0.576 bits per heavy atom. The fraction of sp³-hybridized carbons (Fsp3) is 0.423. The van der Waals surface area contributed by atoms with Crippen molar-refractivity contribution >= 4 is 64.9 Å². The molecule has 0 saturated heterocycles. The summed E-state index contributed by atoms with van der Waals surface area (Å²) in [7, 11) is -5.00. The van der Waals surface area contributed by atoms with Crippen molar-refractivity contribution in [2.75, 3.05) is 0 Å². The van der Waals surface area contributed by atoms with E-state index in [1.807, 2.05) is 6.08 Å². The van der Waals surface area contributed by atoms with Gasteiger partial charge in [0, 0.05) is 23.5 Å². The van der Waals surface area contributed by atoms with Gasteiger partial charge in [0.05, 0.1) is 0 Å². The summed E-state index contributed by atoms with van der Waals surface area (Å²) in [6.07, 6.45) is 9.59. The van der Waals surface area contributed by atoms with Crippen LogP contribution in [0.1, 0.15) is 107 Å². The first-order chi connectivity index (χ1) is 28.0. The molecule has 6 rings (SSSR count). The lowest BCUT2D eigenvalue weighted by Crippen LogP contribution is -2.68. The van der Waals surface area contributed by atoms with Gasteiger partial charge in [-0.3, -0.25) is 9.59 Å². The molecule has 2 fully saturated rings. The first-order valence-electron chi connectivity index (χ1n) is 21.4. The van der Waals surface area contributed by atoms with Crippen molar-refractivity contribution in [3.05, 3.63) is 146 Å². The molecule has 316 valence electrons. The van der Waals surface area contributed by atoms with Gasteiger partial charge in [0.25, 0.3) is 16.6 Å². The fourth-order valence-corrected chi connectivity index (χ4v) is 18.9. The Labute approximate surface area is 367 Å². The van der Waals surface area contributed by atoms with Gasteiger partial charge in [0.15, 0.2) is 0 Å². The van der Waals surface area contributed by atoms with Gasteiger partial charge in [-0.2, -0.15) is 0 Å². The van der Waals surface area contributed by atoms with E-state index < -0.39 is 16.6 Å². The van der Waals surface area contributed by atoms with Gasteiger partial charge < -0.3 is 8.85 Å². The van der Waals surface area contributed by atoms with Crippen LogP contribution in [0.15, 0.2) is 146 Å². The predicted molar refractivity (Wildman–Crippen MR) is 259 cm³/mol. The number of rotatable bonds is 11. The third-order valence-corrected chi connectivity index (χ3v) is 22.9.